The molecule has 0 spiro atoms. The van der Waals surface area contributed by atoms with Crippen LogP contribution in [0.15, 0.2) is 24.4 Å². The second-order valence-corrected chi connectivity index (χ2v) is 5.38. The zero-order valence-electron chi connectivity index (χ0n) is 9.33. The third kappa shape index (κ3) is 1.62. The smallest absolute Gasteiger partial charge is 0.0502 e. The van der Waals surface area contributed by atoms with E-state index in [0.29, 0.717) is 0 Å². The molecule has 0 atom stereocenters. The zero-order chi connectivity index (χ0) is 11.3. The lowest BCUT2D eigenvalue weighted by Crippen LogP contribution is -2.24. The van der Waals surface area contributed by atoms with Crippen molar-refractivity contribution in [2.75, 3.05) is 0 Å². The second-order valence-electron chi connectivity index (χ2n) is 4.98. The van der Waals surface area contributed by atoms with Gasteiger partial charge in [-0.1, -0.05) is 11.6 Å². The van der Waals surface area contributed by atoms with Crippen LogP contribution < -0.4 is 5.73 Å². The Balaban J connectivity index is 2.08. The summed E-state index contributed by atoms with van der Waals surface area (Å²) in [6.07, 6.45) is 5.25. The summed E-state index contributed by atoms with van der Waals surface area (Å²) in [5, 5.41) is 1.95. The van der Waals surface area contributed by atoms with Gasteiger partial charge in [-0.15, -0.1) is 0 Å². The van der Waals surface area contributed by atoms with Crippen molar-refractivity contribution < 1.29 is 0 Å². The van der Waals surface area contributed by atoms with Crippen molar-refractivity contribution in [2.24, 2.45) is 12.8 Å². The zero-order valence-corrected chi connectivity index (χ0v) is 10.1. The summed E-state index contributed by atoms with van der Waals surface area (Å²) >= 11 is 6.27. The summed E-state index contributed by atoms with van der Waals surface area (Å²) in [7, 11) is 2.04. The molecule has 16 heavy (non-hydrogen) atoms. The lowest BCUT2D eigenvalue weighted by Gasteiger charge is -2.10. The number of fused-ring (bicyclic) bond motifs is 1. The maximum Gasteiger partial charge on any atom is 0.0502 e. The van der Waals surface area contributed by atoms with Crippen LogP contribution in [0.5, 0.6) is 0 Å². The fraction of sp³-hybridized carbons (Fsp3) is 0.385. The predicted molar refractivity (Wildman–Crippen MR) is 67.8 cm³/mol. The van der Waals surface area contributed by atoms with Crippen LogP contribution in [0.3, 0.4) is 0 Å². The summed E-state index contributed by atoms with van der Waals surface area (Å²) < 4.78 is 2.10. The monoisotopic (exact) mass is 234 g/mol. The molecule has 1 fully saturated rings. The van der Waals surface area contributed by atoms with Crippen LogP contribution in [0.1, 0.15) is 18.4 Å². The maximum atomic E-state index is 6.27. The van der Waals surface area contributed by atoms with Gasteiger partial charge < -0.3 is 10.3 Å². The molecule has 0 bridgehead atoms. The van der Waals surface area contributed by atoms with E-state index in [9.17, 15) is 0 Å². The number of benzene rings is 1. The van der Waals surface area contributed by atoms with Crippen molar-refractivity contribution in [3.8, 4) is 0 Å². The molecule has 1 aliphatic carbocycles. The SMILES string of the molecule is Cn1ccc2c(Cl)cc(CC3(N)CC3)cc21. The Morgan fingerprint density at radius 2 is 2.19 bits per heavy atom. The van der Waals surface area contributed by atoms with E-state index in [1.165, 1.54) is 11.1 Å². The molecule has 0 amide bonds. The Morgan fingerprint density at radius 3 is 2.88 bits per heavy atom. The van der Waals surface area contributed by atoms with Gasteiger partial charge in [0.05, 0.1) is 5.02 Å². The molecule has 1 aliphatic rings. The molecule has 1 heterocycles. The second kappa shape index (κ2) is 3.25. The van der Waals surface area contributed by atoms with E-state index in [4.69, 9.17) is 17.3 Å². The average Bonchev–Trinajstić information content (AvgIpc) is 2.81. The molecule has 0 unspecified atom stereocenters. The predicted octanol–water partition coefficient (Wildman–Crippen LogP) is 2.87. The molecule has 0 saturated heterocycles. The Bertz CT molecular complexity index is 552. The quantitative estimate of drug-likeness (QED) is 0.851. The molecule has 2 aromatic rings. The van der Waals surface area contributed by atoms with Crippen molar-refractivity contribution in [1.29, 1.82) is 0 Å². The van der Waals surface area contributed by atoms with Gasteiger partial charge in [-0.3, -0.25) is 0 Å². The van der Waals surface area contributed by atoms with E-state index < -0.39 is 0 Å². The summed E-state index contributed by atoms with van der Waals surface area (Å²) in [5.41, 5.74) is 8.62. The van der Waals surface area contributed by atoms with E-state index in [1.807, 2.05) is 13.2 Å². The summed E-state index contributed by atoms with van der Waals surface area (Å²) in [4.78, 5) is 0. The molecule has 2 N–H and O–H groups in total. The number of hydrogen-bond donors (Lipinski definition) is 1. The Kier molecular flexibility index (Phi) is 2.07. The topological polar surface area (TPSA) is 30.9 Å². The first-order chi connectivity index (χ1) is 7.57. The molecule has 0 radical (unpaired) electrons. The van der Waals surface area contributed by atoms with Gasteiger partial charge in [-0.2, -0.15) is 0 Å². The van der Waals surface area contributed by atoms with E-state index in [-0.39, 0.29) is 5.54 Å². The van der Waals surface area contributed by atoms with Crippen LogP contribution in [0.2, 0.25) is 5.02 Å². The highest BCUT2D eigenvalue weighted by atomic mass is 35.5. The normalized spacial score (nSPS) is 17.9. The first-order valence-corrected chi connectivity index (χ1v) is 5.98. The molecule has 0 aliphatic heterocycles. The average molecular weight is 235 g/mol. The number of hydrogen-bond acceptors (Lipinski definition) is 1. The fourth-order valence-electron chi connectivity index (χ4n) is 2.23. The number of nitrogens with two attached hydrogens (primary N) is 1. The minimum atomic E-state index is 0.0438. The van der Waals surface area contributed by atoms with Gasteiger partial charge in [0.2, 0.25) is 0 Å². The third-order valence-electron chi connectivity index (χ3n) is 3.46. The van der Waals surface area contributed by atoms with E-state index >= 15 is 0 Å². The van der Waals surface area contributed by atoms with Crippen molar-refractivity contribution in [3.63, 3.8) is 0 Å². The van der Waals surface area contributed by atoms with Crippen molar-refractivity contribution in [3.05, 3.63) is 35.0 Å². The molecule has 3 rings (SSSR count). The van der Waals surface area contributed by atoms with Crippen LogP contribution in [-0.2, 0) is 13.5 Å². The highest BCUT2D eigenvalue weighted by molar-refractivity contribution is 6.35. The van der Waals surface area contributed by atoms with Crippen LogP contribution in [0.25, 0.3) is 10.9 Å². The number of aryl methyl sites for hydroxylation is 1. The Morgan fingerprint density at radius 1 is 1.44 bits per heavy atom. The highest BCUT2D eigenvalue weighted by Gasteiger charge is 2.38. The number of aromatic nitrogens is 1. The molecule has 2 nitrogen and oxygen atoms in total. The van der Waals surface area contributed by atoms with Crippen molar-refractivity contribution >= 4 is 22.5 Å². The molecule has 1 aromatic heterocycles. The van der Waals surface area contributed by atoms with Crippen LogP contribution >= 0.6 is 11.6 Å². The van der Waals surface area contributed by atoms with Crippen LogP contribution in [0.4, 0.5) is 0 Å². The lowest BCUT2D eigenvalue weighted by molar-refractivity contribution is 0.672. The maximum absolute atomic E-state index is 6.27. The highest BCUT2D eigenvalue weighted by Crippen LogP contribution is 2.37. The van der Waals surface area contributed by atoms with Gasteiger partial charge >= 0.3 is 0 Å². The molecular weight excluding hydrogens is 220 g/mol. The first kappa shape index (κ1) is 10.2. The van der Waals surface area contributed by atoms with Gasteiger partial charge in [0.1, 0.15) is 0 Å². The Labute approximate surface area is 100.0 Å². The van der Waals surface area contributed by atoms with Gasteiger partial charge in [0.15, 0.2) is 0 Å². The molecule has 3 heteroatoms. The van der Waals surface area contributed by atoms with Crippen molar-refractivity contribution in [1.82, 2.24) is 4.57 Å². The standard InChI is InChI=1S/C13H15ClN2/c1-16-5-2-10-11(14)6-9(7-12(10)16)8-13(15)3-4-13/h2,5-7H,3-4,8,15H2,1H3. The summed E-state index contributed by atoms with van der Waals surface area (Å²) in [5.74, 6) is 0. The Hall–Kier alpha value is -0.990. The van der Waals surface area contributed by atoms with E-state index in [0.717, 1.165) is 29.7 Å². The van der Waals surface area contributed by atoms with Gasteiger partial charge in [0, 0.05) is 29.7 Å². The first-order valence-electron chi connectivity index (χ1n) is 5.60. The largest absolute Gasteiger partial charge is 0.350 e. The molecular formula is C13H15ClN2. The summed E-state index contributed by atoms with van der Waals surface area (Å²) in [6, 6.07) is 6.31. The fourth-order valence-corrected chi connectivity index (χ4v) is 2.53. The van der Waals surface area contributed by atoms with Gasteiger partial charge in [-0.25, -0.2) is 0 Å². The number of halogens is 1. The minimum Gasteiger partial charge on any atom is -0.350 e. The van der Waals surface area contributed by atoms with Gasteiger partial charge in [-0.05, 0) is 43.0 Å². The molecule has 1 aromatic carbocycles. The van der Waals surface area contributed by atoms with Crippen LogP contribution in [-0.4, -0.2) is 10.1 Å². The number of rotatable bonds is 2. The lowest BCUT2D eigenvalue weighted by atomic mass is 10.0. The third-order valence-corrected chi connectivity index (χ3v) is 3.77. The van der Waals surface area contributed by atoms with Gasteiger partial charge in [0.25, 0.3) is 0 Å². The number of nitrogens with zero attached hydrogens (tertiary/aromatic N) is 1. The minimum absolute atomic E-state index is 0.0438. The molecule has 84 valence electrons. The van der Waals surface area contributed by atoms with E-state index in [1.54, 1.807) is 0 Å². The van der Waals surface area contributed by atoms with Crippen LogP contribution in [0, 0.1) is 0 Å². The van der Waals surface area contributed by atoms with Crippen molar-refractivity contribution in [2.45, 2.75) is 24.8 Å². The van der Waals surface area contributed by atoms with E-state index in [2.05, 4.69) is 22.8 Å². The molecule has 1 saturated carbocycles. The summed E-state index contributed by atoms with van der Waals surface area (Å²) in [6.45, 7) is 0.